The third-order valence-electron chi connectivity index (χ3n) is 2.37. The van der Waals surface area contributed by atoms with Gasteiger partial charge in [-0.25, -0.2) is 0 Å². The van der Waals surface area contributed by atoms with E-state index in [-0.39, 0.29) is 0 Å². The molecular weight excluding hydrogens is 148 g/mol. The van der Waals surface area contributed by atoms with E-state index in [2.05, 4.69) is 36.6 Å². The molecule has 0 atom stereocenters. The van der Waals surface area contributed by atoms with E-state index in [4.69, 9.17) is 0 Å². The summed E-state index contributed by atoms with van der Waals surface area (Å²) in [6, 6.07) is 2.74. The summed E-state index contributed by atoms with van der Waals surface area (Å²) in [5.41, 5.74) is 2.60. The largest absolute Gasteiger partial charge is 0.267 e. The highest BCUT2D eigenvalue weighted by atomic mass is 15.3. The van der Waals surface area contributed by atoms with Gasteiger partial charge in [0.1, 0.15) is 0 Å². The summed E-state index contributed by atoms with van der Waals surface area (Å²) >= 11 is 0. The fourth-order valence-electron chi connectivity index (χ4n) is 1.63. The second kappa shape index (κ2) is 2.61. The van der Waals surface area contributed by atoms with Crippen LogP contribution in [0.25, 0.3) is 0 Å². The molecule has 12 heavy (non-hydrogen) atoms. The fraction of sp³-hybridized carbons (Fsp3) is 0.700. The van der Waals surface area contributed by atoms with Crippen molar-refractivity contribution in [2.75, 3.05) is 0 Å². The Balaban J connectivity index is 2.36. The highest BCUT2D eigenvalue weighted by Gasteiger charge is 2.28. The van der Waals surface area contributed by atoms with E-state index in [0.717, 1.165) is 11.6 Å². The first-order valence-electron chi connectivity index (χ1n) is 4.74. The third-order valence-corrected chi connectivity index (χ3v) is 2.37. The SMILES string of the molecule is Cc1cc(C2CC2)n(C(C)C)n1. The van der Waals surface area contributed by atoms with Crippen LogP contribution in [0.2, 0.25) is 0 Å². The molecule has 2 rings (SSSR count). The molecule has 0 radical (unpaired) electrons. The Morgan fingerprint density at radius 3 is 2.67 bits per heavy atom. The highest BCUT2D eigenvalue weighted by Crippen LogP contribution is 2.40. The summed E-state index contributed by atoms with van der Waals surface area (Å²) in [4.78, 5) is 0. The lowest BCUT2D eigenvalue weighted by molar-refractivity contribution is 0.507. The average Bonchev–Trinajstić information content (AvgIpc) is 2.75. The van der Waals surface area contributed by atoms with E-state index in [1.165, 1.54) is 18.5 Å². The van der Waals surface area contributed by atoms with Crippen molar-refractivity contribution in [2.45, 2.75) is 45.6 Å². The van der Waals surface area contributed by atoms with Gasteiger partial charge in [-0.2, -0.15) is 5.10 Å². The summed E-state index contributed by atoms with van der Waals surface area (Å²) in [6.07, 6.45) is 2.72. The van der Waals surface area contributed by atoms with Crippen LogP contribution in [0.15, 0.2) is 6.07 Å². The van der Waals surface area contributed by atoms with Crippen molar-refractivity contribution in [3.63, 3.8) is 0 Å². The summed E-state index contributed by atoms with van der Waals surface area (Å²) in [7, 11) is 0. The number of rotatable bonds is 2. The van der Waals surface area contributed by atoms with Crippen molar-refractivity contribution in [1.82, 2.24) is 9.78 Å². The molecule has 0 unspecified atom stereocenters. The topological polar surface area (TPSA) is 17.8 Å². The minimum Gasteiger partial charge on any atom is -0.267 e. The van der Waals surface area contributed by atoms with E-state index >= 15 is 0 Å². The third kappa shape index (κ3) is 1.26. The van der Waals surface area contributed by atoms with Gasteiger partial charge in [0.25, 0.3) is 0 Å². The Morgan fingerprint density at radius 2 is 2.17 bits per heavy atom. The Morgan fingerprint density at radius 1 is 1.50 bits per heavy atom. The van der Waals surface area contributed by atoms with Crippen LogP contribution in [0.3, 0.4) is 0 Å². The molecule has 1 aromatic rings. The number of nitrogens with zero attached hydrogens (tertiary/aromatic N) is 2. The smallest absolute Gasteiger partial charge is 0.0596 e. The lowest BCUT2D eigenvalue weighted by Crippen LogP contribution is -2.06. The number of hydrogen-bond acceptors (Lipinski definition) is 1. The molecule has 0 amide bonds. The van der Waals surface area contributed by atoms with E-state index in [1.54, 1.807) is 0 Å². The summed E-state index contributed by atoms with van der Waals surface area (Å²) in [6.45, 7) is 6.46. The molecule has 1 aliphatic carbocycles. The predicted octanol–water partition coefficient (Wildman–Crippen LogP) is 2.65. The second-order valence-electron chi connectivity index (χ2n) is 4.02. The van der Waals surface area contributed by atoms with Crippen molar-refractivity contribution in [2.24, 2.45) is 0 Å². The standard InChI is InChI=1S/C10H16N2/c1-7(2)12-10(9-4-5-9)6-8(3)11-12/h6-7,9H,4-5H2,1-3H3. The van der Waals surface area contributed by atoms with Crippen LogP contribution < -0.4 is 0 Å². The fourth-order valence-corrected chi connectivity index (χ4v) is 1.63. The van der Waals surface area contributed by atoms with Crippen LogP contribution in [-0.2, 0) is 0 Å². The lowest BCUT2D eigenvalue weighted by Gasteiger charge is -2.09. The van der Waals surface area contributed by atoms with Crippen LogP contribution in [0.1, 0.15) is 50.0 Å². The van der Waals surface area contributed by atoms with Crippen molar-refractivity contribution in [3.05, 3.63) is 17.5 Å². The monoisotopic (exact) mass is 164 g/mol. The lowest BCUT2D eigenvalue weighted by atomic mass is 10.2. The Hall–Kier alpha value is -0.790. The van der Waals surface area contributed by atoms with Gasteiger partial charge >= 0.3 is 0 Å². The molecular formula is C10H16N2. The molecule has 1 aliphatic rings. The molecule has 2 heteroatoms. The molecule has 0 aromatic carbocycles. The first-order chi connectivity index (χ1) is 5.68. The molecule has 1 aromatic heterocycles. The molecule has 2 nitrogen and oxygen atoms in total. The molecule has 1 saturated carbocycles. The molecule has 0 aliphatic heterocycles. The molecule has 0 saturated heterocycles. The van der Waals surface area contributed by atoms with Crippen LogP contribution in [0.4, 0.5) is 0 Å². The molecule has 66 valence electrons. The van der Waals surface area contributed by atoms with Gasteiger partial charge in [-0.15, -0.1) is 0 Å². The predicted molar refractivity (Wildman–Crippen MR) is 49.3 cm³/mol. The van der Waals surface area contributed by atoms with Crippen LogP contribution in [0.5, 0.6) is 0 Å². The Bertz CT molecular complexity index is 263. The highest BCUT2D eigenvalue weighted by molar-refractivity contribution is 5.18. The zero-order valence-electron chi connectivity index (χ0n) is 8.04. The maximum absolute atomic E-state index is 4.49. The number of hydrogen-bond donors (Lipinski definition) is 0. The van der Waals surface area contributed by atoms with Gasteiger partial charge in [-0.3, -0.25) is 4.68 Å². The van der Waals surface area contributed by atoms with Crippen LogP contribution in [-0.4, -0.2) is 9.78 Å². The molecule has 0 N–H and O–H groups in total. The van der Waals surface area contributed by atoms with Gasteiger partial charge in [0, 0.05) is 17.7 Å². The molecule has 0 bridgehead atoms. The van der Waals surface area contributed by atoms with Crippen LogP contribution >= 0.6 is 0 Å². The zero-order chi connectivity index (χ0) is 8.72. The minimum atomic E-state index is 0.509. The van der Waals surface area contributed by atoms with Crippen molar-refractivity contribution in [3.8, 4) is 0 Å². The minimum absolute atomic E-state index is 0.509. The second-order valence-corrected chi connectivity index (χ2v) is 4.02. The van der Waals surface area contributed by atoms with Crippen molar-refractivity contribution in [1.29, 1.82) is 0 Å². The Kier molecular flexibility index (Phi) is 1.71. The van der Waals surface area contributed by atoms with Crippen molar-refractivity contribution >= 4 is 0 Å². The van der Waals surface area contributed by atoms with Gasteiger partial charge in [0.15, 0.2) is 0 Å². The quantitative estimate of drug-likeness (QED) is 0.657. The van der Waals surface area contributed by atoms with Crippen LogP contribution in [0, 0.1) is 6.92 Å². The number of aromatic nitrogens is 2. The maximum atomic E-state index is 4.49. The summed E-state index contributed by atoms with van der Waals surface area (Å²) < 4.78 is 2.17. The van der Waals surface area contributed by atoms with Gasteiger partial charge in [-0.05, 0) is 39.7 Å². The maximum Gasteiger partial charge on any atom is 0.0596 e. The van der Waals surface area contributed by atoms with E-state index in [0.29, 0.717) is 6.04 Å². The first-order valence-corrected chi connectivity index (χ1v) is 4.74. The van der Waals surface area contributed by atoms with Gasteiger partial charge in [0.05, 0.1) is 5.69 Å². The average molecular weight is 164 g/mol. The summed E-state index contributed by atoms with van der Waals surface area (Å²) in [5.74, 6) is 0.814. The summed E-state index contributed by atoms with van der Waals surface area (Å²) in [5, 5.41) is 4.49. The van der Waals surface area contributed by atoms with Gasteiger partial charge in [-0.1, -0.05) is 0 Å². The first kappa shape index (κ1) is 7.84. The van der Waals surface area contributed by atoms with Crippen molar-refractivity contribution < 1.29 is 0 Å². The molecule has 1 fully saturated rings. The van der Waals surface area contributed by atoms with Gasteiger partial charge < -0.3 is 0 Å². The zero-order valence-corrected chi connectivity index (χ0v) is 8.04. The molecule has 0 spiro atoms. The van der Waals surface area contributed by atoms with E-state index < -0.39 is 0 Å². The van der Waals surface area contributed by atoms with E-state index in [1.807, 2.05) is 0 Å². The van der Waals surface area contributed by atoms with Gasteiger partial charge in [0.2, 0.25) is 0 Å². The normalized spacial score (nSPS) is 17.3. The number of aryl methyl sites for hydroxylation is 1. The van der Waals surface area contributed by atoms with E-state index in [9.17, 15) is 0 Å². The Labute approximate surface area is 73.6 Å². The molecule has 1 heterocycles.